The molecular weight excluding hydrogens is 422 g/mol. The van der Waals surface area contributed by atoms with E-state index in [2.05, 4.69) is 17.2 Å². The molecule has 1 aromatic heterocycles. The van der Waals surface area contributed by atoms with Gasteiger partial charge in [0.15, 0.2) is 5.76 Å². The minimum Gasteiger partial charge on any atom is -0.438 e. The highest BCUT2D eigenvalue weighted by atomic mass is 32.2. The van der Waals surface area contributed by atoms with E-state index in [4.69, 9.17) is 4.42 Å². The van der Waals surface area contributed by atoms with Gasteiger partial charge in [-0.1, -0.05) is 36.9 Å². The Hall–Kier alpha value is -2.95. The maximum absolute atomic E-state index is 13.0. The van der Waals surface area contributed by atoms with Gasteiger partial charge in [0.25, 0.3) is 15.9 Å². The molecule has 9 nitrogen and oxygen atoms in total. The second-order valence-corrected chi connectivity index (χ2v) is 8.99. The Kier molecular flexibility index (Phi) is 7.26. The van der Waals surface area contributed by atoms with Crippen LogP contribution in [0.5, 0.6) is 0 Å². The van der Waals surface area contributed by atoms with E-state index in [0.29, 0.717) is 13.0 Å². The van der Waals surface area contributed by atoms with E-state index in [0.717, 1.165) is 15.9 Å². The van der Waals surface area contributed by atoms with Crippen LogP contribution in [0.2, 0.25) is 0 Å². The summed E-state index contributed by atoms with van der Waals surface area (Å²) < 4.78 is 32.4. The monoisotopic (exact) mass is 447 g/mol. The summed E-state index contributed by atoms with van der Waals surface area (Å²) in [5.41, 5.74) is 1.06. The Labute approximate surface area is 180 Å². The zero-order chi connectivity index (χ0) is 22.4. The summed E-state index contributed by atoms with van der Waals surface area (Å²) in [5, 5.41) is 14.5. The van der Waals surface area contributed by atoms with Crippen LogP contribution in [-0.2, 0) is 21.2 Å². The van der Waals surface area contributed by atoms with Crippen molar-refractivity contribution in [1.82, 2.24) is 14.9 Å². The van der Waals surface area contributed by atoms with E-state index in [9.17, 15) is 23.1 Å². The zero-order valence-electron chi connectivity index (χ0n) is 16.9. The first-order chi connectivity index (χ1) is 14.8. The third kappa shape index (κ3) is 5.40. The molecule has 2 unspecified atom stereocenters. The number of hydrogen-bond donors (Lipinski definition) is 3. The first kappa shape index (κ1) is 22.7. The number of nitrogens with zero attached hydrogens (tertiary/aromatic N) is 1. The maximum Gasteiger partial charge on any atom is 0.287 e. The Morgan fingerprint density at radius 3 is 2.65 bits per heavy atom. The SMILES string of the molecule is C=CC(=O)NC1CC(CO)N(S(=O)(=O)c2ccc(C(=O)NCCc3ccccc3)o2)C1. The Balaban J connectivity index is 1.65. The van der Waals surface area contributed by atoms with Crippen LogP contribution in [0.3, 0.4) is 0 Å². The van der Waals surface area contributed by atoms with Crippen molar-refractivity contribution in [1.29, 1.82) is 0 Å². The molecule has 1 aliphatic rings. The highest BCUT2D eigenvalue weighted by Crippen LogP contribution is 2.27. The third-order valence-electron chi connectivity index (χ3n) is 5.02. The molecule has 1 aliphatic heterocycles. The molecule has 1 fully saturated rings. The van der Waals surface area contributed by atoms with Gasteiger partial charge in [-0.2, -0.15) is 4.31 Å². The van der Waals surface area contributed by atoms with Crippen molar-refractivity contribution in [3.8, 4) is 0 Å². The Morgan fingerprint density at radius 2 is 1.97 bits per heavy atom. The molecule has 0 bridgehead atoms. The summed E-state index contributed by atoms with van der Waals surface area (Å²) >= 11 is 0. The summed E-state index contributed by atoms with van der Waals surface area (Å²) in [6.45, 7) is 3.31. The topological polar surface area (TPSA) is 129 Å². The fraction of sp³-hybridized carbons (Fsp3) is 0.333. The molecule has 1 saturated heterocycles. The van der Waals surface area contributed by atoms with Crippen molar-refractivity contribution in [2.75, 3.05) is 19.7 Å². The van der Waals surface area contributed by atoms with Crippen LogP contribution in [-0.4, -0.2) is 61.4 Å². The van der Waals surface area contributed by atoms with Gasteiger partial charge in [-0.15, -0.1) is 0 Å². The Bertz CT molecular complexity index is 1030. The number of aliphatic hydroxyl groups excluding tert-OH is 1. The number of sulfonamides is 1. The van der Waals surface area contributed by atoms with Gasteiger partial charge in [-0.3, -0.25) is 9.59 Å². The molecular formula is C21H25N3O6S. The van der Waals surface area contributed by atoms with Crippen LogP contribution in [0.25, 0.3) is 0 Å². The predicted octanol–water partition coefficient (Wildman–Crippen LogP) is 0.678. The lowest BCUT2D eigenvalue weighted by atomic mass is 10.1. The van der Waals surface area contributed by atoms with Crippen molar-refractivity contribution < 1.29 is 27.5 Å². The van der Waals surface area contributed by atoms with Crippen molar-refractivity contribution in [2.45, 2.75) is 30.0 Å². The van der Waals surface area contributed by atoms with Crippen LogP contribution in [0, 0.1) is 0 Å². The number of amides is 2. The van der Waals surface area contributed by atoms with E-state index in [1.165, 1.54) is 12.1 Å². The van der Waals surface area contributed by atoms with Crippen molar-refractivity contribution in [3.05, 3.63) is 66.4 Å². The van der Waals surface area contributed by atoms with E-state index in [1.54, 1.807) is 0 Å². The van der Waals surface area contributed by atoms with E-state index in [-0.39, 0.29) is 18.7 Å². The lowest BCUT2D eigenvalue weighted by molar-refractivity contribution is -0.117. The molecule has 2 aromatic rings. The summed E-state index contributed by atoms with van der Waals surface area (Å²) in [4.78, 5) is 23.8. The fourth-order valence-corrected chi connectivity index (χ4v) is 5.05. The first-order valence-corrected chi connectivity index (χ1v) is 11.3. The fourth-order valence-electron chi connectivity index (χ4n) is 3.46. The number of hydrogen-bond acceptors (Lipinski definition) is 6. The minimum atomic E-state index is -4.10. The quantitative estimate of drug-likeness (QED) is 0.485. The second-order valence-electron chi connectivity index (χ2n) is 7.17. The Morgan fingerprint density at radius 1 is 1.23 bits per heavy atom. The molecule has 2 amide bonds. The lowest BCUT2D eigenvalue weighted by Crippen LogP contribution is -2.39. The molecule has 31 heavy (non-hydrogen) atoms. The van der Waals surface area contributed by atoms with Gasteiger partial charge in [-0.25, -0.2) is 8.42 Å². The van der Waals surface area contributed by atoms with Gasteiger partial charge in [0.1, 0.15) is 0 Å². The summed E-state index contributed by atoms with van der Waals surface area (Å²) in [6.07, 6.45) is 1.98. The first-order valence-electron chi connectivity index (χ1n) is 9.82. The predicted molar refractivity (Wildman–Crippen MR) is 113 cm³/mol. The molecule has 166 valence electrons. The van der Waals surface area contributed by atoms with E-state index < -0.39 is 45.6 Å². The van der Waals surface area contributed by atoms with Crippen LogP contribution >= 0.6 is 0 Å². The van der Waals surface area contributed by atoms with Crippen LogP contribution in [0.4, 0.5) is 0 Å². The molecule has 10 heteroatoms. The number of benzene rings is 1. The van der Waals surface area contributed by atoms with Crippen molar-refractivity contribution >= 4 is 21.8 Å². The third-order valence-corrected chi connectivity index (χ3v) is 6.81. The largest absolute Gasteiger partial charge is 0.438 e. The molecule has 2 atom stereocenters. The van der Waals surface area contributed by atoms with Crippen molar-refractivity contribution in [3.63, 3.8) is 0 Å². The van der Waals surface area contributed by atoms with Gasteiger partial charge >= 0.3 is 0 Å². The van der Waals surface area contributed by atoms with E-state index >= 15 is 0 Å². The average molecular weight is 448 g/mol. The molecule has 0 spiro atoms. The molecule has 3 rings (SSSR count). The summed E-state index contributed by atoms with van der Waals surface area (Å²) in [7, 11) is -4.10. The van der Waals surface area contributed by atoms with Gasteiger partial charge in [0.05, 0.1) is 12.6 Å². The van der Waals surface area contributed by atoms with Gasteiger partial charge in [0, 0.05) is 19.1 Å². The normalized spacial score (nSPS) is 19.1. The molecule has 0 aliphatic carbocycles. The molecule has 3 N–H and O–H groups in total. The number of aliphatic hydroxyl groups is 1. The second kappa shape index (κ2) is 9.90. The standard InChI is InChI=1S/C21H25N3O6S/c1-2-19(26)23-16-12-17(14-25)24(13-16)31(28,29)20-9-8-18(30-20)21(27)22-11-10-15-6-4-3-5-7-15/h2-9,16-17,25H,1,10-14H2,(H,22,27)(H,23,26). The highest BCUT2D eigenvalue weighted by Gasteiger charge is 2.41. The van der Waals surface area contributed by atoms with Gasteiger partial charge < -0.3 is 20.2 Å². The lowest BCUT2D eigenvalue weighted by Gasteiger charge is -2.20. The molecule has 2 heterocycles. The minimum absolute atomic E-state index is 0.0214. The van der Waals surface area contributed by atoms with E-state index in [1.807, 2.05) is 30.3 Å². The smallest absolute Gasteiger partial charge is 0.287 e. The zero-order valence-corrected chi connectivity index (χ0v) is 17.7. The molecule has 0 saturated carbocycles. The summed E-state index contributed by atoms with van der Waals surface area (Å²) in [5.74, 6) is -1.06. The number of nitrogens with one attached hydrogen (secondary N) is 2. The number of furan rings is 1. The van der Waals surface area contributed by atoms with Crippen LogP contribution in [0.15, 0.2) is 64.6 Å². The number of carbonyl (C=O) groups is 2. The highest BCUT2D eigenvalue weighted by molar-refractivity contribution is 7.89. The number of carbonyl (C=O) groups excluding carboxylic acids is 2. The maximum atomic E-state index is 13.0. The molecule has 1 aromatic carbocycles. The van der Waals surface area contributed by atoms with Crippen LogP contribution in [0.1, 0.15) is 22.5 Å². The average Bonchev–Trinajstić information content (AvgIpc) is 3.42. The number of rotatable bonds is 9. The van der Waals surface area contributed by atoms with Gasteiger partial charge in [0.2, 0.25) is 11.0 Å². The summed E-state index contributed by atoms with van der Waals surface area (Å²) in [6, 6.07) is 10.9. The van der Waals surface area contributed by atoms with Gasteiger partial charge in [-0.05, 0) is 36.6 Å². The van der Waals surface area contributed by atoms with Crippen LogP contribution < -0.4 is 10.6 Å². The van der Waals surface area contributed by atoms with Crippen molar-refractivity contribution in [2.24, 2.45) is 0 Å². The molecule has 0 radical (unpaired) electrons.